The van der Waals surface area contributed by atoms with Crippen LogP contribution in [0.15, 0.2) is 0 Å². The zero-order chi connectivity index (χ0) is 12.7. The standard InChI is InChI=1S/C12H26N2O2/c1-5-9(4)11(13)12(16)14-10(6-7-15)8(2)3/h8-11,15H,5-7,13H2,1-4H3,(H,14,16). The van der Waals surface area contributed by atoms with Gasteiger partial charge in [0.15, 0.2) is 0 Å². The summed E-state index contributed by atoms with van der Waals surface area (Å²) in [6.07, 6.45) is 1.47. The zero-order valence-corrected chi connectivity index (χ0v) is 10.9. The second-order valence-corrected chi connectivity index (χ2v) is 4.78. The van der Waals surface area contributed by atoms with Crippen molar-refractivity contribution in [2.75, 3.05) is 6.61 Å². The molecule has 0 aromatic carbocycles. The number of aliphatic hydroxyl groups is 1. The Morgan fingerprint density at radius 1 is 1.38 bits per heavy atom. The number of nitrogens with one attached hydrogen (secondary N) is 1. The molecule has 0 heterocycles. The number of aliphatic hydroxyl groups excluding tert-OH is 1. The molecule has 0 bridgehead atoms. The van der Waals surface area contributed by atoms with Gasteiger partial charge < -0.3 is 16.2 Å². The minimum absolute atomic E-state index is 0.00704. The first-order valence-electron chi connectivity index (χ1n) is 6.10. The molecule has 0 aromatic heterocycles. The zero-order valence-electron chi connectivity index (χ0n) is 10.9. The predicted molar refractivity (Wildman–Crippen MR) is 65.9 cm³/mol. The van der Waals surface area contributed by atoms with Crippen molar-refractivity contribution in [2.45, 2.75) is 52.6 Å². The van der Waals surface area contributed by atoms with Crippen LogP contribution in [0.5, 0.6) is 0 Å². The summed E-state index contributed by atoms with van der Waals surface area (Å²) < 4.78 is 0. The van der Waals surface area contributed by atoms with Gasteiger partial charge in [0.2, 0.25) is 5.91 Å². The van der Waals surface area contributed by atoms with Gasteiger partial charge >= 0.3 is 0 Å². The molecule has 0 spiro atoms. The van der Waals surface area contributed by atoms with E-state index in [-0.39, 0.29) is 24.5 Å². The molecule has 1 amide bonds. The highest BCUT2D eigenvalue weighted by Crippen LogP contribution is 2.09. The summed E-state index contributed by atoms with van der Waals surface area (Å²) in [5, 5.41) is 11.8. The number of rotatable bonds is 7. The Labute approximate surface area is 98.6 Å². The van der Waals surface area contributed by atoms with Crippen molar-refractivity contribution in [1.29, 1.82) is 0 Å². The van der Waals surface area contributed by atoms with E-state index in [1.165, 1.54) is 0 Å². The van der Waals surface area contributed by atoms with Gasteiger partial charge in [-0.1, -0.05) is 34.1 Å². The highest BCUT2D eigenvalue weighted by atomic mass is 16.3. The van der Waals surface area contributed by atoms with Crippen molar-refractivity contribution < 1.29 is 9.90 Å². The smallest absolute Gasteiger partial charge is 0.237 e. The second kappa shape index (κ2) is 7.63. The molecule has 4 heteroatoms. The minimum atomic E-state index is -0.454. The molecule has 0 fully saturated rings. The number of hydrogen-bond acceptors (Lipinski definition) is 3. The molecule has 96 valence electrons. The lowest BCUT2D eigenvalue weighted by atomic mass is 9.97. The van der Waals surface area contributed by atoms with Crippen LogP contribution in [-0.4, -0.2) is 29.7 Å². The van der Waals surface area contributed by atoms with Gasteiger partial charge in [0.05, 0.1) is 6.04 Å². The van der Waals surface area contributed by atoms with Gasteiger partial charge in [-0.15, -0.1) is 0 Å². The molecular weight excluding hydrogens is 204 g/mol. The Bertz CT molecular complexity index is 207. The summed E-state index contributed by atoms with van der Waals surface area (Å²) in [6, 6.07) is -0.447. The maximum absolute atomic E-state index is 11.8. The van der Waals surface area contributed by atoms with Gasteiger partial charge in [-0.05, 0) is 18.3 Å². The highest BCUT2D eigenvalue weighted by molar-refractivity contribution is 5.82. The van der Waals surface area contributed by atoms with Crippen molar-refractivity contribution >= 4 is 5.91 Å². The monoisotopic (exact) mass is 230 g/mol. The third-order valence-electron chi connectivity index (χ3n) is 3.13. The number of hydrogen-bond donors (Lipinski definition) is 3. The van der Waals surface area contributed by atoms with E-state index in [0.29, 0.717) is 12.3 Å². The van der Waals surface area contributed by atoms with Crippen LogP contribution in [0.25, 0.3) is 0 Å². The first-order chi connectivity index (χ1) is 7.43. The molecule has 0 aromatic rings. The SMILES string of the molecule is CCC(C)C(N)C(=O)NC(CCO)C(C)C. The maximum Gasteiger partial charge on any atom is 0.237 e. The fraction of sp³-hybridized carbons (Fsp3) is 0.917. The molecule has 0 aliphatic carbocycles. The summed E-state index contributed by atoms with van der Waals surface area (Å²) >= 11 is 0. The predicted octanol–water partition coefficient (Wildman–Crippen LogP) is 0.883. The fourth-order valence-electron chi connectivity index (χ4n) is 1.50. The van der Waals surface area contributed by atoms with Crippen molar-refractivity contribution in [3.05, 3.63) is 0 Å². The largest absolute Gasteiger partial charge is 0.396 e. The third-order valence-corrected chi connectivity index (χ3v) is 3.13. The van der Waals surface area contributed by atoms with Gasteiger partial charge in [0.25, 0.3) is 0 Å². The molecule has 4 N–H and O–H groups in total. The molecule has 0 radical (unpaired) electrons. The van der Waals surface area contributed by atoms with E-state index in [1.807, 2.05) is 27.7 Å². The molecule has 0 aliphatic rings. The number of carbonyl (C=O) groups excluding carboxylic acids is 1. The van der Waals surface area contributed by atoms with E-state index >= 15 is 0 Å². The normalized spacial score (nSPS) is 16.9. The average molecular weight is 230 g/mol. The highest BCUT2D eigenvalue weighted by Gasteiger charge is 2.23. The lowest BCUT2D eigenvalue weighted by Crippen LogP contribution is -2.49. The molecular formula is C12H26N2O2. The Balaban J connectivity index is 4.28. The van der Waals surface area contributed by atoms with Crippen molar-refractivity contribution in [3.8, 4) is 0 Å². The van der Waals surface area contributed by atoms with Crippen LogP contribution >= 0.6 is 0 Å². The Morgan fingerprint density at radius 2 is 1.94 bits per heavy atom. The topological polar surface area (TPSA) is 75.4 Å². The molecule has 16 heavy (non-hydrogen) atoms. The van der Waals surface area contributed by atoms with Gasteiger partial charge in [0.1, 0.15) is 0 Å². The van der Waals surface area contributed by atoms with E-state index in [2.05, 4.69) is 5.32 Å². The Hall–Kier alpha value is -0.610. The molecule has 3 unspecified atom stereocenters. The Morgan fingerprint density at radius 3 is 2.31 bits per heavy atom. The minimum Gasteiger partial charge on any atom is -0.396 e. The molecule has 3 atom stereocenters. The van der Waals surface area contributed by atoms with Crippen LogP contribution in [0.4, 0.5) is 0 Å². The van der Waals surface area contributed by atoms with Gasteiger partial charge in [0, 0.05) is 12.6 Å². The van der Waals surface area contributed by atoms with Gasteiger partial charge in [-0.25, -0.2) is 0 Å². The van der Waals surface area contributed by atoms with Crippen LogP contribution in [0.1, 0.15) is 40.5 Å². The third kappa shape index (κ3) is 4.94. The van der Waals surface area contributed by atoms with Crippen molar-refractivity contribution in [1.82, 2.24) is 5.32 Å². The Kier molecular flexibility index (Phi) is 7.34. The quantitative estimate of drug-likeness (QED) is 0.608. The fourth-order valence-corrected chi connectivity index (χ4v) is 1.50. The maximum atomic E-state index is 11.8. The van der Waals surface area contributed by atoms with Crippen LogP contribution in [-0.2, 0) is 4.79 Å². The summed E-state index contributed by atoms with van der Waals surface area (Å²) in [5.41, 5.74) is 5.84. The van der Waals surface area contributed by atoms with E-state index < -0.39 is 6.04 Å². The number of nitrogens with two attached hydrogens (primary N) is 1. The van der Waals surface area contributed by atoms with Crippen LogP contribution in [0.2, 0.25) is 0 Å². The lowest BCUT2D eigenvalue weighted by Gasteiger charge is -2.25. The lowest BCUT2D eigenvalue weighted by molar-refractivity contribution is -0.124. The van der Waals surface area contributed by atoms with Crippen LogP contribution in [0, 0.1) is 11.8 Å². The van der Waals surface area contributed by atoms with Gasteiger partial charge in [-0.2, -0.15) is 0 Å². The molecule has 0 aliphatic heterocycles. The first-order valence-corrected chi connectivity index (χ1v) is 6.10. The van der Waals surface area contributed by atoms with Crippen molar-refractivity contribution in [3.63, 3.8) is 0 Å². The van der Waals surface area contributed by atoms with Crippen LogP contribution < -0.4 is 11.1 Å². The molecule has 0 rings (SSSR count). The summed E-state index contributed by atoms with van der Waals surface area (Å²) in [7, 11) is 0. The van der Waals surface area contributed by atoms with E-state index in [9.17, 15) is 4.79 Å². The average Bonchev–Trinajstić information content (AvgIpc) is 2.25. The van der Waals surface area contributed by atoms with E-state index in [0.717, 1.165) is 6.42 Å². The van der Waals surface area contributed by atoms with Crippen molar-refractivity contribution in [2.24, 2.45) is 17.6 Å². The van der Waals surface area contributed by atoms with Crippen LogP contribution in [0.3, 0.4) is 0 Å². The van der Waals surface area contributed by atoms with E-state index in [4.69, 9.17) is 10.8 Å². The van der Waals surface area contributed by atoms with Gasteiger partial charge in [-0.3, -0.25) is 4.79 Å². The van der Waals surface area contributed by atoms with E-state index in [1.54, 1.807) is 0 Å². The number of carbonyl (C=O) groups is 1. The molecule has 0 saturated heterocycles. The molecule has 0 saturated carbocycles. The summed E-state index contributed by atoms with van der Waals surface area (Å²) in [6.45, 7) is 8.12. The first kappa shape index (κ1) is 15.4. The summed E-state index contributed by atoms with van der Waals surface area (Å²) in [5.74, 6) is 0.378. The molecule has 4 nitrogen and oxygen atoms in total. The summed E-state index contributed by atoms with van der Waals surface area (Å²) in [4.78, 5) is 11.8. The number of amides is 1. The second-order valence-electron chi connectivity index (χ2n) is 4.78.